The van der Waals surface area contributed by atoms with Crippen LogP contribution < -0.4 is 0 Å². The predicted molar refractivity (Wildman–Crippen MR) is 70.4 cm³/mol. The van der Waals surface area contributed by atoms with Crippen molar-refractivity contribution < 1.29 is 17.6 Å². The first kappa shape index (κ1) is 14.1. The number of rotatable bonds is 4. The Morgan fingerprint density at radius 3 is 2.32 bits per heavy atom. The Morgan fingerprint density at radius 1 is 1.16 bits per heavy atom. The molecule has 1 fully saturated rings. The maximum Gasteiger partial charge on any atom is 0.164 e. The van der Waals surface area contributed by atoms with Crippen molar-refractivity contribution in [3.05, 3.63) is 35.6 Å². The quantitative estimate of drug-likeness (QED) is 0.778. The first-order valence-corrected chi connectivity index (χ1v) is 8.00. The number of hydrogen-bond donors (Lipinski definition) is 0. The molecule has 0 amide bonds. The number of carbonyl (C=O) groups is 1. The van der Waals surface area contributed by atoms with Gasteiger partial charge in [-0.1, -0.05) is 0 Å². The lowest BCUT2D eigenvalue weighted by Crippen LogP contribution is -2.41. The summed E-state index contributed by atoms with van der Waals surface area (Å²) < 4.78 is 35.2. The standard InChI is InChI=1S/C13H16FNO3S/c14-12-3-1-11(2-4-12)13(16)5-6-15-7-9-19(17,18)10-8-15/h1-4H,5-10H2. The number of hydrogen-bond acceptors (Lipinski definition) is 4. The summed E-state index contributed by atoms with van der Waals surface area (Å²) in [6, 6.07) is 5.47. The van der Waals surface area contributed by atoms with E-state index in [4.69, 9.17) is 0 Å². The molecular weight excluding hydrogens is 269 g/mol. The van der Waals surface area contributed by atoms with Gasteiger partial charge < -0.3 is 4.90 Å². The lowest BCUT2D eigenvalue weighted by Gasteiger charge is -2.26. The fraction of sp³-hybridized carbons (Fsp3) is 0.462. The average Bonchev–Trinajstić information content (AvgIpc) is 2.38. The van der Waals surface area contributed by atoms with E-state index in [9.17, 15) is 17.6 Å². The van der Waals surface area contributed by atoms with Crippen molar-refractivity contribution in [1.29, 1.82) is 0 Å². The normalized spacial score (nSPS) is 19.2. The van der Waals surface area contributed by atoms with E-state index >= 15 is 0 Å². The molecule has 2 rings (SSSR count). The molecule has 0 saturated carbocycles. The third-order valence-electron chi connectivity index (χ3n) is 3.26. The molecule has 0 aliphatic carbocycles. The van der Waals surface area contributed by atoms with Gasteiger partial charge >= 0.3 is 0 Å². The Kier molecular flexibility index (Phi) is 4.31. The van der Waals surface area contributed by atoms with Gasteiger partial charge in [-0.25, -0.2) is 12.8 Å². The third-order valence-corrected chi connectivity index (χ3v) is 4.87. The number of carbonyl (C=O) groups excluding carboxylic acids is 1. The molecule has 1 heterocycles. The lowest BCUT2D eigenvalue weighted by atomic mass is 10.1. The van der Waals surface area contributed by atoms with Gasteiger partial charge in [0, 0.05) is 31.6 Å². The molecule has 0 aromatic heterocycles. The molecule has 104 valence electrons. The molecule has 0 unspecified atom stereocenters. The molecule has 1 aromatic carbocycles. The Labute approximate surface area is 112 Å². The van der Waals surface area contributed by atoms with E-state index in [-0.39, 0.29) is 23.1 Å². The van der Waals surface area contributed by atoms with Crippen LogP contribution in [0.15, 0.2) is 24.3 Å². The van der Waals surface area contributed by atoms with Crippen molar-refractivity contribution >= 4 is 15.6 Å². The highest BCUT2D eigenvalue weighted by atomic mass is 32.2. The van der Waals surface area contributed by atoms with Gasteiger partial charge in [0.2, 0.25) is 0 Å². The van der Waals surface area contributed by atoms with Crippen molar-refractivity contribution in [3.8, 4) is 0 Å². The molecule has 6 heteroatoms. The SMILES string of the molecule is O=C(CCN1CCS(=O)(=O)CC1)c1ccc(F)cc1. The minimum absolute atomic E-state index is 0.0477. The first-order chi connectivity index (χ1) is 8.96. The second-order valence-electron chi connectivity index (χ2n) is 4.67. The Morgan fingerprint density at radius 2 is 1.74 bits per heavy atom. The number of sulfone groups is 1. The zero-order valence-electron chi connectivity index (χ0n) is 10.5. The molecule has 1 aliphatic heterocycles. The summed E-state index contributed by atoms with van der Waals surface area (Å²) in [4.78, 5) is 13.8. The molecule has 0 bridgehead atoms. The second kappa shape index (κ2) is 5.79. The molecule has 1 aliphatic rings. The minimum Gasteiger partial charge on any atom is -0.301 e. The van der Waals surface area contributed by atoms with Crippen LogP contribution in [0.3, 0.4) is 0 Å². The van der Waals surface area contributed by atoms with Crippen molar-refractivity contribution in [2.24, 2.45) is 0 Å². The second-order valence-corrected chi connectivity index (χ2v) is 6.98. The molecular formula is C13H16FNO3S. The van der Waals surface area contributed by atoms with E-state index < -0.39 is 9.84 Å². The van der Waals surface area contributed by atoms with Gasteiger partial charge in [-0.2, -0.15) is 0 Å². The Hall–Kier alpha value is -1.27. The maximum absolute atomic E-state index is 12.7. The summed E-state index contributed by atoms with van der Waals surface area (Å²) in [6.07, 6.45) is 0.325. The van der Waals surface area contributed by atoms with Gasteiger partial charge in [0.25, 0.3) is 0 Å². The third kappa shape index (κ3) is 4.11. The first-order valence-electron chi connectivity index (χ1n) is 6.18. The van der Waals surface area contributed by atoms with Gasteiger partial charge in [0.05, 0.1) is 11.5 Å². The number of nitrogens with zero attached hydrogens (tertiary/aromatic N) is 1. The van der Waals surface area contributed by atoms with E-state index in [1.807, 2.05) is 4.90 Å². The molecule has 0 spiro atoms. The average molecular weight is 285 g/mol. The number of Topliss-reactive ketones (excluding diaryl/α,β-unsaturated/α-hetero) is 1. The molecule has 0 radical (unpaired) electrons. The van der Waals surface area contributed by atoms with Gasteiger partial charge in [-0.05, 0) is 24.3 Å². The van der Waals surface area contributed by atoms with E-state index in [1.165, 1.54) is 24.3 Å². The highest BCUT2D eigenvalue weighted by molar-refractivity contribution is 7.91. The summed E-state index contributed by atoms with van der Waals surface area (Å²) in [5.74, 6) is -0.0821. The Bertz CT molecular complexity index is 540. The highest BCUT2D eigenvalue weighted by Gasteiger charge is 2.21. The van der Waals surface area contributed by atoms with Crippen molar-refractivity contribution in [2.75, 3.05) is 31.1 Å². The molecule has 19 heavy (non-hydrogen) atoms. The fourth-order valence-electron chi connectivity index (χ4n) is 2.01. The van der Waals surface area contributed by atoms with Crippen LogP contribution in [0, 0.1) is 5.82 Å². The van der Waals surface area contributed by atoms with Crippen LogP contribution in [-0.4, -0.2) is 50.2 Å². The fourth-order valence-corrected chi connectivity index (χ4v) is 3.29. The summed E-state index contributed by atoms with van der Waals surface area (Å²) in [6.45, 7) is 1.52. The summed E-state index contributed by atoms with van der Waals surface area (Å²) in [7, 11) is -2.88. The largest absolute Gasteiger partial charge is 0.301 e. The highest BCUT2D eigenvalue weighted by Crippen LogP contribution is 2.08. The zero-order valence-corrected chi connectivity index (χ0v) is 11.3. The predicted octanol–water partition coefficient (Wildman–Crippen LogP) is 1.13. The van der Waals surface area contributed by atoms with Crippen LogP contribution in [0.2, 0.25) is 0 Å². The lowest BCUT2D eigenvalue weighted by molar-refractivity contribution is 0.0966. The number of benzene rings is 1. The molecule has 1 aromatic rings. The van der Waals surface area contributed by atoms with Crippen molar-refractivity contribution in [2.45, 2.75) is 6.42 Å². The summed E-state index contributed by atoms with van der Waals surface area (Å²) in [5, 5.41) is 0. The monoisotopic (exact) mass is 285 g/mol. The topological polar surface area (TPSA) is 54.5 Å². The molecule has 0 N–H and O–H groups in total. The van der Waals surface area contributed by atoms with Crippen molar-refractivity contribution in [3.63, 3.8) is 0 Å². The molecule has 0 atom stereocenters. The van der Waals surface area contributed by atoms with Crippen LogP contribution in [0.4, 0.5) is 4.39 Å². The van der Waals surface area contributed by atoms with E-state index in [2.05, 4.69) is 0 Å². The number of ketones is 1. The van der Waals surface area contributed by atoms with Crippen LogP contribution in [0.5, 0.6) is 0 Å². The van der Waals surface area contributed by atoms with Crippen LogP contribution >= 0.6 is 0 Å². The van der Waals surface area contributed by atoms with Gasteiger partial charge in [0.15, 0.2) is 15.6 Å². The minimum atomic E-state index is -2.88. The van der Waals surface area contributed by atoms with Crippen LogP contribution in [0.1, 0.15) is 16.8 Å². The van der Waals surface area contributed by atoms with Gasteiger partial charge in [0.1, 0.15) is 5.82 Å². The maximum atomic E-state index is 12.7. The molecule has 4 nitrogen and oxygen atoms in total. The summed E-state index contributed by atoms with van der Waals surface area (Å²) >= 11 is 0. The number of halogens is 1. The van der Waals surface area contributed by atoms with E-state index in [0.717, 1.165) is 0 Å². The zero-order chi connectivity index (χ0) is 13.9. The molecule has 1 saturated heterocycles. The van der Waals surface area contributed by atoms with Gasteiger partial charge in [-0.15, -0.1) is 0 Å². The smallest absolute Gasteiger partial charge is 0.164 e. The summed E-state index contributed by atoms with van der Waals surface area (Å²) in [5.41, 5.74) is 0.492. The Balaban J connectivity index is 1.83. The van der Waals surface area contributed by atoms with Crippen LogP contribution in [-0.2, 0) is 9.84 Å². The van der Waals surface area contributed by atoms with Crippen LogP contribution in [0.25, 0.3) is 0 Å². The van der Waals surface area contributed by atoms with E-state index in [1.54, 1.807) is 0 Å². The van der Waals surface area contributed by atoms with E-state index in [0.29, 0.717) is 31.6 Å². The van der Waals surface area contributed by atoms with Gasteiger partial charge in [-0.3, -0.25) is 4.79 Å². The van der Waals surface area contributed by atoms with Crippen molar-refractivity contribution in [1.82, 2.24) is 4.90 Å².